The lowest BCUT2D eigenvalue weighted by Gasteiger charge is -2.24. The third-order valence-corrected chi connectivity index (χ3v) is 5.32. The molecule has 0 bridgehead atoms. The first-order valence-corrected chi connectivity index (χ1v) is 7.43. The van der Waals surface area contributed by atoms with Gasteiger partial charge in [-0.25, -0.2) is 0 Å². The van der Waals surface area contributed by atoms with E-state index >= 15 is 0 Å². The van der Waals surface area contributed by atoms with E-state index in [-0.39, 0.29) is 13.0 Å². The Morgan fingerprint density at radius 3 is 2.33 bits per heavy atom. The van der Waals surface area contributed by atoms with Gasteiger partial charge in [-0.2, -0.15) is 17.0 Å². The van der Waals surface area contributed by atoms with Crippen molar-refractivity contribution in [2.75, 3.05) is 34.3 Å². The van der Waals surface area contributed by atoms with Gasteiger partial charge in [0.25, 0.3) is 10.2 Å². The highest BCUT2D eigenvalue weighted by Crippen LogP contribution is 2.38. The number of methoxy groups -OCH3 is 1. The van der Waals surface area contributed by atoms with Crippen LogP contribution in [-0.4, -0.2) is 57.3 Å². The van der Waals surface area contributed by atoms with Gasteiger partial charge in [-0.15, -0.1) is 0 Å². The third kappa shape index (κ3) is 3.93. The van der Waals surface area contributed by atoms with Crippen LogP contribution in [0.1, 0.15) is 19.8 Å². The minimum absolute atomic E-state index is 0.0693. The molecule has 1 aliphatic rings. The van der Waals surface area contributed by atoms with E-state index in [9.17, 15) is 13.2 Å². The number of hydrogen-bond donors (Lipinski definition) is 0. The molecule has 0 aromatic heterocycles. The van der Waals surface area contributed by atoms with Crippen molar-refractivity contribution in [2.24, 2.45) is 11.8 Å². The maximum Gasteiger partial charge on any atom is 0.306 e. The molecular weight excluding hydrogens is 256 g/mol. The second-order valence-corrected chi connectivity index (χ2v) is 7.05. The summed E-state index contributed by atoms with van der Waals surface area (Å²) in [6, 6.07) is 0. The van der Waals surface area contributed by atoms with Crippen LogP contribution < -0.4 is 0 Å². The third-order valence-electron chi connectivity index (χ3n) is 3.41. The van der Waals surface area contributed by atoms with Crippen LogP contribution >= 0.6 is 0 Å². The highest BCUT2D eigenvalue weighted by Gasteiger charge is 2.36. The molecule has 2 atom stereocenters. The summed E-state index contributed by atoms with van der Waals surface area (Å²) in [4.78, 5) is 11.0. The molecular formula is C11H22N2O4S. The van der Waals surface area contributed by atoms with Gasteiger partial charge in [-0.3, -0.25) is 4.79 Å². The molecule has 0 radical (unpaired) electrons. The highest BCUT2D eigenvalue weighted by atomic mass is 32.2. The van der Waals surface area contributed by atoms with Gasteiger partial charge < -0.3 is 4.74 Å². The molecule has 0 saturated heterocycles. The zero-order valence-electron chi connectivity index (χ0n) is 11.4. The average Bonchev–Trinajstić information content (AvgIpc) is 3.00. The predicted octanol–water partition coefficient (Wildman–Crippen LogP) is 0.314. The van der Waals surface area contributed by atoms with Crippen LogP contribution in [0.3, 0.4) is 0 Å². The molecule has 7 heteroatoms. The monoisotopic (exact) mass is 278 g/mol. The second-order valence-electron chi connectivity index (χ2n) is 4.91. The minimum atomic E-state index is -3.46. The largest absolute Gasteiger partial charge is 0.469 e. The summed E-state index contributed by atoms with van der Waals surface area (Å²) in [5.74, 6) is 0.678. The van der Waals surface area contributed by atoms with Gasteiger partial charge in [-0.05, 0) is 18.3 Å². The fourth-order valence-corrected chi connectivity index (χ4v) is 2.96. The molecule has 1 rings (SSSR count). The van der Waals surface area contributed by atoms with E-state index in [1.807, 2.05) is 0 Å². The Bertz CT molecular complexity index is 396. The van der Waals surface area contributed by atoms with Gasteiger partial charge in [0.15, 0.2) is 0 Å². The van der Waals surface area contributed by atoms with Crippen molar-refractivity contribution in [1.82, 2.24) is 8.61 Å². The maximum absolute atomic E-state index is 12.1. The fourth-order valence-electron chi connectivity index (χ4n) is 1.78. The summed E-state index contributed by atoms with van der Waals surface area (Å²) in [5.41, 5.74) is 0. The molecule has 1 aliphatic carbocycles. The van der Waals surface area contributed by atoms with Crippen LogP contribution in [0.25, 0.3) is 0 Å². The van der Waals surface area contributed by atoms with Gasteiger partial charge in [-0.1, -0.05) is 6.92 Å². The molecule has 6 nitrogen and oxygen atoms in total. The van der Waals surface area contributed by atoms with Gasteiger partial charge in [0.05, 0.1) is 13.5 Å². The van der Waals surface area contributed by atoms with E-state index in [0.29, 0.717) is 18.4 Å². The van der Waals surface area contributed by atoms with Crippen molar-refractivity contribution in [3.63, 3.8) is 0 Å². The van der Waals surface area contributed by atoms with Crippen LogP contribution in [0.15, 0.2) is 0 Å². The van der Waals surface area contributed by atoms with Crippen LogP contribution in [0.2, 0.25) is 0 Å². The summed E-state index contributed by atoms with van der Waals surface area (Å²) in [6.07, 6.45) is 1.16. The molecule has 0 aliphatic heterocycles. The van der Waals surface area contributed by atoms with Crippen molar-refractivity contribution < 1.29 is 17.9 Å². The first kappa shape index (κ1) is 15.4. The molecule has 0 amide bonds. The number of rotatable bonds is 7. The summed E-state index contributed by atoms with van der Waals surface area (Å²) in [6.45, 7) is 2.80. The second kappa shape index (κ2) is 5.99. The van der Waals surface area contributed by atoms with E-state index < -0.39 is 16.2 Å². The van der Waals surface area contributed by atoms with Gasteiger partial charge in [0.1, 0.15) is 0 Å². The number of nitrogens with zero attached hydrogens (tertiary/aromatic N) is 2. The van der Waals surface area contributed by atoms with Gasteiger partial charge in [0.2, 0.25) is 0 Å². The molecule has 0 heterocycles. The van der Waals surface area contributed by atoms with Crippen molar-refractivity contribution in [3.05, 3.63) is 0 Å². The molecule has 0 aromatic carbocycles. The molecule has 2 unspecified atom stereocenters. The quantitative estimate of drug-likeness (QED) is 0.629. The summed E-state index contributed by atoms with van der Waals surface area (Å²) in [5, 5.41) is 0. The van der Waals surface area contributed by atoms with Crippen molar-refractivity contribution in [3.8, 4) is 0 Å². The van der Waals surface area contributed by atoms with Crippen molar-refractivity contribution >= 4 is 16.2 Å². The molecule has 1 saturated carbocycles. The smallest absolute Gasteiger partial charge is 0.306 e. The minimum Gasteiger partial charge on any atom is -0.469 e. The Morgan fingerprint density at radius 1 is 1.33 bits per heavy atom. The van der Waals surface area contributed by atoms with Crippen LogP contribution in [0, 0.1) is 11.8 Å². The number of carbonyl (C=O) groups is 1. The molecule has 1 fully saturated rings. The van der Waals surface area contributed by atoms with Gasteiger partial charge in [0, 0.05) is 27.2 Å². The number of hydrogen-bond acceptors (Lipinski definition) is 4. The Balaban J connectivity index is 2.47. The molecule has 106 valence electrons. The number of ether oxygens (including phenoxy) is 1. The molecule has 0 spiro atoms. The first-order valence-electron chi connectivity index (χ1n) is 6.03. The van der Waals surface area contributed by atoms with E-state index in [1.165, 1.54) is 22.8 Å². The molecule has 18 heavy (non-hydrogen) atoms. The Kier molecular flexibility index (Phi) is 5.12. The topological polar surface area (TPSA) is 66.9 Å². The van der Waals surface area contributed by atoms with E-state index in [2.05, 4.69) is 11.7 Å². The maximum atomic E-state index is 12.1. The summed E-state index contributed by atoms with van der Waals surface area (Å²) < 4.78 is 31.2. The summed E-state index contributed by atoms with van der Waals surface area (Å²) in [7, 11) is 0.882. The average molecular weight is 278 g/mol. The first-order chi connectivity index (χ1) is 8.28. The van der Waals surface area contributed by atoms with Crippen molar-refractivity contribution in [1.29, 1.82) is 0 Å². The van der Waals surface area contributed by atoms with Crippen molar-refractivity contribution in [2.45, 2.75) is 19.8 Å². The highest BCUT2D eigenvalue weighted by molar-refractivity contribution is 7.86. The zero-order valence-corrected chi connectivity index (χ0v) is 12.2. The van der Waals surface area contributed by atoms with Gasteiger partial charge >= 0.3 is 5.97 Å². The SMILES string of the molecule is COC(=O)CCN(C)S(=O)(=O)N(C)CC1CC1C. The Labute approximate surface area is 109 Å². The van der Waals surface area contributed by atoms with Crippen LogP contribution in [-0.2, 0) is 19.7 Å². The summed E-state index contributed by atoms with van der Waals surface area (Å²) >= 11 is 0. The lowest BCUT2D eigenvalue weighted by atomic mass is 10.3. The lowest BCUT2D eigenvalue weighted by molar-refractivity contribution is -0.140. The van der Waals surface area contributed by atoms with E-state index in [4.69, 9.17) is 0 Å². The fraction of sp³-hybridized carbons (Fsp3) is 0.909. The normalized spacial score (nSPS) is 23.4. The Hall–Kier alpha value is -0.660. The lowest BCUT2D eigenvalue weighted by Crippen LogP contribution is -2.41. The van der Waals surface area contributed by atoms with Crippen LogP contribution in [0.5, 0.6) is 0 Å². The molecule has 0 N–H and O–H groups in total. The number of carbonyl (C=O) groups excluding carboxylic acids is 1. The van der Waals surface area contributed by atoms with E-state index in [1.54, 1.807) is 7.05 Å². The predicted molar refractivity (Wildman–Crippen MR) is 68.1 cm³/mol. The Morgan fingerprint density at radius 2 is 1.89 bits per heavy atom. The number of esters is 1. The molecule has 0 aromatic rings. The zero-order chi connectivity index (χ0) is 13.9. The van der Waals surface area contributed by atoms with Crippen LogP contribution in [0.4, 0.5) is 0 Å². The standard InChI is InChI=1S/C11H22N2O4S/c1-9-7-10(9)8-13(3)18(15,16)12(2)6-5-11(14)17-4/h9-10H,5-8H2,1-4H3. The van der Waals surface area contributed by atoms with E-state index in [0.717, 1.165) is 6.42 Å².